The first-order valence-corrected chi connectivity index (χ1v) is 11.4. The van der Waals surface area contributed by atoms with E-state index < -0.39 is 22.1 Å². The van der Waals surface area contributed by atoms with Crippen molar-refractivity contribution in [1.82, 2.24) is 0 Å². The van der Waals surface area contributed by atoms with Crippen molar-refractivity contribution >= 4 is 33.2 Å². The summed E-state index contributed by atoms with van der Waals surface area (Å²) in [4.78, 5) is 37.2. The quantitative estimate of drug-likeness (QED) is 0.574. The Kier molecular flexibility index (Phi) is 5.88. The van der Waals surface area contributed by atoms with Gasteiger partial charge in [-0.05, 0) is 56.9 Å². The van der Waals surface area contributed by atoms with Gasteiger partial charge in [-0.3, -0.25) is 19.1 Å². The molecule has 28 heavy (non-hydrogen) atoms. The van der Waals surface area contributed by atoms with Crippen molar-refractivity contribution in [1.29, 1.82) is 0 Å². The molecule has 2 bridgehead atoms. The van der Waals surface area contributed by atoms with Gasteiger partial charge in [0.25, 0.3) is 0 Å². The van der Waals surface area contributed by atoms with Gasteiger partial charge in [0.2, 0.25) is 15.8 Å². The number of rotatable bonds is 6. The van der Waals surface area contributed by atoms with Crippen LogP contribution in [-0.4, -0.2) is 38.3 Å². The summed E-state index contributed by atoms with van der Waals surface area (Å²) in [7, 11) is -3.39. The van der Waals surface area contributed by atoms with Crippen LogP contribution in [0.25, 0.3) is 0 Å². The predicted molar refractivity (Wildman–Crippen MR) is 103 cm³/mol. The minimum Gasteiger partial charge on any atom is -0.454 e. The molecule has 0 saturated heterocycles. The van der Waals surface area contributed by atoms with Crippen LogP contribution in [0.4, 0.5) is 5.69 Å². The van der Waals surface area contributed by atoms with Gasteiger partial charge in [-0.15, -0.1) is 0 Å². The maximum atomic E-state index is 12.5. The van der Waals surface area contributed by atoms with Gasteiger partial charge in [-0.25, -0.2) is 8.42 Å². The van der Waals surface area contributed by atoms with Crippen molar-refractivity contribution < 1.29 is 27.5 Å². The molecule has 1 N–H and O–H groups in total. The zero-order chi connectivity index (χ0) is 20.5. The molecule has 3 rings (SSSR count). The van der Waals surface area contributed by atoms with Crippen molar-refractivity contribution in [2.75, 3.05) is 11.0 Å². The highest BCUT2D eigenvalue weighted by molar-refractivity contribution is 7.92. The van der Waals surface area contributed by atoms with Gasteiger partial charge in [0, 0.05) is 23.1 Å². The van der Waals surface area contributed by atoms with Crippen molar-refractivity contribution in [2.24, 2.45) is 17.8 Å². The molecule has 7 nitrogen and oxygen atoms in total. The number of benzene rings is 1. The molecule has 8 heteroatoms. The molecule has 0 spiro atoms. The lowest BCUT2D eigenvalue weighted by Gasteiger charge is -2.36. The second-order valence-electron chi connectivity index (χ2n) is 7.79. The van der Waals surface area contributed by atoms with Crippen LogP contribution >= 0.6 is 0 Å². The van der Waals surface area contributed by atoms with E-state index in [4.69, 9.17) is 4.74 Å². The molecule has 2 fully saturated rings. The number of hydrogen-bond donors (Lipinski definition) is 1. The Morgan fingerprint density at radius 3 is 2.21 bits per heavy atom. The molecule has 0 amide bonds. The van der Waals surface area contributed by atoms with E-state index in [1.165, 1.54) is 31.2 Å². The number of ether oxygens (including phenoxy) is 1. The molecule has 0 radical (unpaired) electrons. The topological polar surface area (TPSA) is 107 Å². The Morgan fingerprint density at radius 2 is 1.68 bits per heavy atom. The molecule has 3 atom stereocenters. The number of anilines is 1. The van der Waals surface area contributed by atoms with Gasteiger partial charge >= 0.3 is 5.97 Å². The molecule has 3 unspecified atom stereocenters. The number of sulfonamides is 1. The third-order valence-electron chi connectivity index (χ3n) is 5.52. The molecule has 0 aliphatic heterocycles. The summed E-state index contributed by atoms with van der Waals surface area (Å²) in [6.45, 7) is 1.53. The summed E-state index contributed by atoms with van der Waals surface area (Å²) >= 11 is 0. The Balaban J connectivity index is 1.59. The average Bonchev–Trinajstić information content (AvgIpc) is 2.60. The SMILES string of the molecule is CC(OC(=O)C1CC2CCCC(C1)C2=O)C(=O)c1ccc(NS(C)(=O)=O)cc1. The minimum absolute atomic E-state index is 0.0500. The van der Waals surface area contributed by atoms with E-state index in [2.05, 4.69) is 4.72 Å². The highest BCUT2D eigenvalue weighted by Crippen LogP contribution is 2.40. The van der Waals surface area contributed by atoms with Crippen molar-refractivity contribution in [2.45, 2.75) is 45.1 Å². The third-order valence-corrected chi connectivity index (χ3v) is 6.12. The first-order valence-electron chi connectivity index (χ1n) is 9.50. The first kappa shape index (κ1) is 20.5. The standard InChI is InChI=1S/C20H25NO6S/c1-12(18(22)13-6-8-17(9-7-13)21-28(2,25)26)27-20(24)16-10-14-4-3-5-15(11-16)19(14)23/h6-9,12,14-16,21H,3-5,10-11H2,1-2H3. The molecule has 0 heterocycles. The second kappa shape index (κ2) is 8.03. The van der Waals surface area contributed by atoms with Crippen LogP contribution in [0.15, 0.2) is 24.3 Å². The molecule has 2 aliphatic rings. The van der Waals surface area contributed by atoms with Crippen LogP contribution in [0.3, 0.4) is 0 Å². The number of carbonyl (C=O) groups is 3. The largest absolute Gasteiger partial charge is 0.454 e. The molecular weight excluding hydrogens is 382 g/mol. The van der Waals surface area contributed by atoms with Crippen molar-refractivity contribution in [3.63, 3.8) is 0 Å². The maximum absolute atomic E-state index is 12.5. The number of esters is 1. The van der Waals surface area contributed by atoms with Gasteiger partial charge in [0.15, 0.2) is 6.10 Å². The van der Waals surface area contributed by atoms with E-state index in [0.717, 1.165) is 25.5 Å². The van der Waals surface area contributed by atoms with Crippen LogP contribution in [0.2, 0.25) is 0 Å². The summed E-state index contributed by atoms with van der Waals surface area (Å²) in [5.41, 5.74) is 0.678. The summed E-state index contributed by atoms with van der Waals surface area (Å²) < 4.78 is 30.2. The van der Waals surface area contributed by atoms with Gasteiger partial charge < -0.3 is 4.74 Å². The van der Waals surface area contributed by atoms with Crippen LogP contribution in [-0.2, 0) is 24.3 Å². The fourth-order valence-electron chi connectivity index (χ4n) is 4.15. The molecule has 152 valence electrons. The Hall–Kier alpha value is -2.22. The zero-order valence-corrected chi connectivity index (χ0v) is 16.8. The lowest BCUT2D eigenvalue weighted by atomic mass is 9.67. The molecule has 2 aliphatic carbocycles. The minimum atomic E-state index is -3.39. The van der Waals surface area contributed by atoms with Gasteiger partial charge in [0.05, 0.1) is 12.2 Å². The molecule has 0 aromatic heterocycles. The van der Waals surface area contributed by atoms with Gasteiger partial charge in [0.1, 0.15) is 5.78 Å². The maximum Gasteiger partial charge on any atom is 0.309 e. The number of Topliss-reactive ketones (excluding diaryl/α,β-unsaturated/α-hetero) is 2. The van der Waals surface area contributed by atoms with Gasteiger partial charge in [-0.2, -0.15) is 0 Å². The Bertz CT molecular complexity index is 860. The number of carbonyl (C=O) groups excluding carboxylic acids is 3. The highest BCUT2D eigenvalue weighted by atomic mass is 32.2. The fourth-order valence-corrected chi connectivity index (χ4v) is 4.71. The number of fused-ring (bicyclic) bond motifs is 2. The van der Waals surface area contributed by atoms with Crippen LogP contribution in [0, 0.1) is 17.8 Å². The number of ketones is 2. The zero-order valence-electron chi connectivity index (χ0n) is 16.0. The van der Waals surface area contributed by atoms with Crippen LogP contribution < -0.4 is 4.72 Å². The average molecular weight is 407 g/mol. The van der Waals surface area contributed by atoms with Crippen LogP contribution in [0.5, 0.6) is 0 Å². The smallest absolute Gasteiger partial charge is 0.309 e. The Morgan fingerprint density at radius 1 is 1.11 bits per heavy atom. The van der Waals surface area contributed by atoms with Crippen LogP contribution in [0.1, 0.15) is 49.4 Å². The van der Waals surface area contributed by atoms with E-state index >= 15 is 0 Å². The number of nitrogens with one attached hydrogen (secondary N) is 1. The summed E-state index contributed by atoms with van der Waals surface area (Å²) in [6.07, 6.45) is 3.83. The van der Waals surface area contributed by atoms with E-state index in [-0.39, 0.29) is 29.3 Å². The van der Waals surface area contributed by atoms with Crippen molar-refractivity contribution in [3.8, 4) is 0 Å². The van der Waals surface area contributed by atoms with E-state index in [1.807, 2.05) is 0 Å². The third kappa shape index (κ3) is 4.79. The lowest BCUT2D eigenvalue weighted by Crippen LogP contribution is -2.40. The molecule has 1 aromatic carbocycles. The Labute approximate surface area is 164 Å². The van der Waals surface area contributed by atoms with E-state index in [0.29, 0.717) is 24.1 Å². The normalized spacial score (nSPS) is 25.6. The summed E-state index contributed by atoms with van der Waals surface area (Å²) in [5.74, 6) is -0.921. The monoisotopic (exact) mass is 407 g/mol. The molecule has 2 saturated carbocycles. The van der Waals surface area contributed by atoms with Gasteiger partial charge in [-0.1, -0.05) is 6.42 Å². The predicted octanol–water partition coefficient (Wildman–Crippen LogP) is 2.57. The lowest BCUT2D eigenvalue weighted by molar-refractivity contribution is -0.155. The molecular formula is C20H25NO6S. The van der Waals surface area contributed by atoms with E-state index in [1.54, 1.807) is 0 Å². The van der Waals surface area contributed by atoms with Crippen molar-refractivity contribution in [3.05, 3.63) is 29.8 Å². The molecule has 1 aromatic rings. The highest BCUT2D eigenvalue weighted by Gasteiger charge is 2.42. The summed E-state index contributed by atoms with van der Waals surface area (Å²) in [6, 6.07) is 5.95. The second-order valence-corrected chi connectivity index (χ2v) is 9.54. The summed E-state index contributed by atoms with van der Waals surface area (Å²) in [5, 5.41) is 0. The number of hydrogen-bond acceptors (Lipinski definition) is 6. The van der Waals surface area contributed by atoms with E-state index in [9.17, 15) is 22.8 Å². The first-order chi connectivity index (χ1) is 13.1. The fraction of sp³-hybridized carbons (Fsp3) is 0.550.